The van der Waals surface area contributed by atoms with Crippen LogP contribution in [0.5, 0.6) is 0 Å². The number of carbonyl (C=O) groups is 1. The summed E-state index contributed by atoms with van der Waals surface area (Å²) in [6.07, 6.45) is 0.847. The zero-order valence-electron chi connectivity index (χ0n) is 10.6. The zero-order chi connectivity index (χ0) is 13.0. The van der Waals surface area contributed by atoms with E-state index < -0.39 is 0 Å². The molecule has 0 spiro atoms. The summed E-state index contributed by atoms with van der Waals surface area (Å²) in [6.45, 7) is 3.73. The summed E-state index contributed by atoms with van der Waals surface area (Å²) >= 11 is 0. The second kappa shape index (κ2) is 5.58. The van der Waals surface area contributed by atoms with Gasteiger partial charge < -0.3 is 4.52 Å². The number of hydrogen-bond acceptors (Lipinski definition) is 4. The van der Waals surface area contributed by atoms with E-state index in [4.69, 9.17) is 4.52 Å². The van der Waals surface area contributed by atoms with Crippen LogP contribution in [0.1, 0.15) is 31.1 Å². The smallest absolute Gasteiger partial charge is 0.234 e. The molecule has 94 valence electrons. The van der Waals surface area contributed by atoms with E-state index in [0.717, 1.165) is 5.56 Å². The summed E-state index contributed by atoms with van der Waals surface area (Å²) in [5.41, 5.74) is 1.13. The lowest BCUT2D eigenvalue weighted by Gasteiger charge is -1.98. The average Bonchev–Trinajstić information content (AvgIpc) is 2.77. The molecule has 0 saturated heterocycles. The Morgan fingerprint density at radius 2 is 2.00 bits per heavy atom. The lowest BCUT2D eigenvalue weighted by atomic mass is 10.1. The third-order valence-electron chi connectivity index (χ3n) is 2.68. The van der Waals surface area contributed by atoms with Gasteiger partial charge in [0.15, 0.2) is 5.82 Å². The van der Waals surface area contributed by atoms with Crippen molar-refractivity contribution in [3.05, 3.63) is 47.6 Å². The average molecular weight is 244 g/mol. The molecule has 2 rings (SSSR count). The van der Waals surface area contributed by atoms with Crippen LogP contribution in [0, 0.1) is 5.92 Å². The minimum absolute atomic E-state index is 0.00512. The molecule has 4 nitrogen and oxygen atoms in total. The summed E-state index contributed by atoms with van der Waals surface area (Å²) in [5, 5.41) is 3.89. The minimum atomic E-state index is -0.00512. The van der Waals surface area contributed by atoms with E-state index >= 15 is 0 Å². The molecule has 2 aromatic rings. The van der Waals surface area contributed by atoms with Gasteiger partial charge in [-0.1, -0.05) is 49.3 Å². The van der Waals surface area contributed by atoms with Gasteiger partial charge >= 0.3 is 0 Å². The van der Waals surface area contributed by atoms with Crippen molar-refractivity contribution in [1.82, 2.24) is 10.1 Å². The van der Waals surface area contributed by atoms with E-state index in [9.17, 15) is 4.79 Å². The maximum atomic E-state index is 11.6. The van der Waals surface area contributed by atoms with Crippen LogP contribution in [-0.4, -0.2) is 15.9 Å². The molecule has 4 heteroatoms. The molecule has 0 radical (unpaired) electrons. The van der Waals surface area contributed by atoms with E-state index in [2.05, 4.69) is 10.1 Å². The summed E-state index contributed by atoms with van der Waals surface area (Å²) in [6, 6.07) is 9.92. The van der Waals surface area contributed by atoms with Crippen LogP contribution < -0.4 is 0 Å². The molecular weight excluding hydrogens is 228 g/mol. The van der Waals surface area contributed by atoms with Crippen molar-refractivity contribution in [2.24, 2.45) is 5.92 Å². The van der Waals surface area contributed by atoms with Crippen LogP contribution in [0.4, 0.5) is 0 Å². The summed E-state index contributed by atoms with van der Waals surface area (Å²) in [7, 11) is 0. The summed E-state index contributed by atoms with van der Waals surface area (Å²) in [4.78, 5) is 15.8. The van der Waals surface area contributed by atoms with Gasteiger partial charge in [0.05, 0.1) is 6.42 Å². The SMILES string of the molecule is CC(C)C(=O)Cc1nc(Cc2ccccc2)no1. The molecule has 0 N–H and O–H groups in total. The Kier molecular flexibility index (Phi) is 3.87. The Balaban J connectivity index is 2.00. The van der Waals surface area contributed by atoms with Gasteiger partial charge in [0.2, 0.25) is 5.89 Å². The highest BCUT2D eigenvalue weighted by Crippen LogP contribution is 2.08. The first-order chi connectivity index (χ1) is 8.65. The number of nitrogens with zero attached hydrogens (tertiary/aromatic N) is 2. The topological polar surface area (TPSA) is 56.0 Å². The number of ketones is 1. The van der Waals surface area contributed by atoms with Crippen LogP contribution in [0.2, 0.25) is 0 Å². The number of carbonyl (C=O) groups excluding carboxylic acids is 1. The molecule has 0 unspecified atom stereocenters. The largest absolute Gasteiger partial charge is 0.339 e. The molecule has 1 aromatic heterocycles. The summed E-state index contributed by atoms with van der Waals surface area (Å²) in [5.74, 6) is 1.13. The zero-order valence-corrected chi connectivity index (χ0v) is 10.6. The molecule has 0 atom stereocenters. The summed E-state index contributed by atoms with van der Waals surface area (Å²) < 4.78 is 5.08. The predicted molar refractivity (Wildman–Crippen MR) is 67.1 cm³/mol. The van der Waals surface area contributed by atoms with Gasteiger partial charge in [-0.05, 0) is 5.56 Å². The maximum Gasteiger partial charge on any atom is 0.234 e. The number of hydrogen-bond donors (Lipinski definition) is 0. The van der Waals surface area contributed by atoms with Crippen molar-refractivity contribution in [1.29, 1.82) is 0 Å². The molecule has 0 amide bonds. The number of aromatic nitrogens is 2. The Morgan fingerprint density at radius 3 is 2.67 bits per heavy atom. The van der Waals surface area contributed by atoms with E-state index in [-0.39, 0.29) is 18.1 Å². The van der Waals surface area contributed by atoms with Gasteiger partial charge in [-0.2, -0.15) is 4.98 Å². The van der Waals surface area contributed by atoms with E-state index in [0.29, 0.717) is 18.1 Å². The fraction of sp³-hybridized carbons (Fsp3) is 0.357. The molecule has 1 aromatic carbocycles. The minimum Gasteiger partial charge on any atom is -0.339 e. The van der Waals surface area contributed by atoms with E-state index in [1.54, 1.807) is 0 Å². The monoisotopic (exact) mass is 244 g/mol. The van der Waals surface area contributed by atoms with Crippen LogP contribution in [0.15, 0.2) is 34.9 Å². The van der Waals surface area contributed by atoms with Crippen molar-refractivity contribution in [3.8, 4) is 0 Å². The highest BCUT2D eigenvalue weighted by molar-refractivity contribution is 5.81. The van der Waals surface area contributed by atoms with Crippen molar-refractivity contribution in [2.75, 3.05) is 0 Å². The van der Waals surface area contributed by atoms with Crippen LogP contribution >= 0.6 is 0 Å². The Bertz CT molecular complexity index is 518. The predicted octanol–water partition coefficient (Wildman–Crippen LogP) is 2.43. The molecule has 18 heavy (non-hydrogen) atoms. The first-order valence-electron chi connectivity index (χ1n) is 6.03. The Hall–Kier alpha value is -1.97. The lowest BCUT2D eigenvalue weighted by molar-refractivity contribution is -0.121. The number of benzene rings is 1. The van der Waals surface area contributed by atoms with E-state index in [1.807, 2.05) is 44.2 Å². The molecule has 0 aliphatic carbocycles. The standard InChI is InChI=1S/C14H16N2O2/c1-10(2)12(17)9-14-15-13(16-18-14)8-11-6-4-3-5-7-11/h3-7,10H,8-9H2,1-2H3. The van der Waals surface area contributed by atoms with Crippen LogP contribution in [-0.2, 0) is 17.6 Å². The Labute approximate surface area is 106 Å². The molecule has 0 aliphatic rings. The van der Waals surface area contributed by atoms with Crippen molar-refractivity contribution >= 4 is 5.78 Å². The third-order valence-corrected chi connectivity index (χ3v) is 2.68. The first-order valence-corrected chi connectivity index (χ1v) is 6.03. The molecule has 0 aliphatic heterocycles. The molecule has 1 heterocycles. The lowest BCUT2D eigenvalue weighted by Crippen LogP contribution is -2.10. The third kappa shape index (κ3) is 3.26. The molecule has 0 saturated carbocycles. The van der Waals surface area contributed by atoms with Gasteiger partial charge in [-0.15, -0.1) is 0 Å². The first kappa shape index (κ1) is 12.5. The molecular formula is C14H16N2O2. The molecule has 0 bridgehead atoms. The quantitative estimate of drug-likeness (QED) is 0.810. The second-order valence-electron chi connectivity index (χ2n) is 4.56. The van der Waals surface area contributed by atoms with Gasteiger partial charge in [-0.3, -0.25) is 4.79 Å². The fourth-order valence-corrected chi connectivity index (χ4v) is 1.57. The van der Waals surface area contributed by atoms with Crippen molar-refractivity contribution in [2.45, 2.75) is 26.7 Å². The van der Waals surface area contributed by atoms with Crippen molar-refractivity contribution < 1.29 is 9.32 Å². The number of rotatable bonds is 5. The molecule has 0 fully saturated rings. The fourth-order valence-electron chi connectivity index (χ4n) is 1.57. The number of Topliss-reactive ketones (excluding diaryl/α,β-unsaturated/α-hetero) is 1. The van der Waals surface area contributed by atoms with Crippen molar-refractivity contribution in [3.63, 3.8) is 0 Å². The highest BCUT2D eigenvalue weighted by Gasteiger charge is 2.14. The van der Waals surface area contributed by atoms with Gasteiger partial charge in [0, 0.05) is 12.3 Å². The van der Waals surface area contributed by atoms with E-state index in [1.165, 1.54) is 0 Å². The Morgan fingerprint density at radius 1 is 1.28 bits per heavy atom. The van der Waals surface area contributed by atoms with Gasteiger partial charge in [-0.25, -0.2) is 0 Å². The maximum absolute atomic E-state index is 11.6. The van der Waals surface area contributed by atoms with Gasteiger partial charge in [0.25, 0.3) is 0 Å². The second-order valence-corrected chi connectivity index (χ2v) is 4.56. The van der Waals surface area contributed by atoms with Gasteiger partial charge in [0.1, 0.15) is 5.78 Å². The van der Waals surface area contributed by atoms with Crippen LogP contribution in [0.3, 0.4) is 0 Å². The highest BCUT2D eigenvalue weighted by atomic mass is 16.5. The van der Waals surface area contributed by atoms with Crippen LogP contribution in [0.25, 0.3) is 0 Å². The normalized spacial score (nSPS) is 10.8.